The minimum atomic E-state index is -4.81. The number of benzene rings is 1. The van der Waals surface area contributed by atoms with Crippen molar-refractivity contribution in [2.24, 2.45) is 4.99 Å². The largest absolute Gasteiger partial charge is 0.517 e. The van der Waals surface area contributed by atoms with Gasteiger partial charge < -0.3 is 9.47 Å². The molecule has 2 atom stereocenters. The van der Waals surface area contributed by atoms with Gasteiger partial charge in [-0.2, -0.15) is 0 Å². The summed E-state index contributed by atoms with van der Waals surface area (Å²) in [5, 5.41) is 13.1. The van der Waals surface area contributed by atoms with E-state index in [4.69, 9.17) is 0 Å². The first-order valence-electron chi connectivity index (χ1n) is 9.76. The number of nitrogens with one attached hydrogen (secondary N) is 1. The maximum absolute atomic E-state index is 15.3. The van der Waals surface area contributed by atoms with Crippen LogP contribution in [0.3, 0.4) is 0 Å². The molecule has 1 aromatic rings. The maximum Gasteiger partial charge on any atom is 0.517 e. The Morgan fingerprint density at radius 2 is 1.94 bits per heavy atom. The third-order valence-corrected chi connectivity index (χ3v) is 7.78. The lowest BCUT2D eigenvalue weighted by molar-refractivity contribution is -0.385. The highest BCUT2D eigenvalue weighted by atomic mass is 32.2. The van der Waals surface area contributed by atoms with Crippen LogP contribution in [0.1, 0.15) is 46.1 Å². The number of sulfone groups is 1. The Morgan fingerprint density at radius 1 is 1.30 bits per heavy atom. The van der Waals surface area contributed by atoms with E-state index in [0.717, 1.165) is 26.8 Å². The third kappa shape index (κ3) is 4.94. The molecule has 2 rings (SSSR count). The Kier molecular flexibility index (Phi) is 7.41. The number of nitro benzene ring substituents is 1. The number of amidine groups is 1. The van der Waals surface area contributed by atoms with Gasteiger partial charge in [0.1, 0.15) is 21.9 Å². The fraction of sp³-hybridized carbons (Fsp3) is 0.526. The molecule has 0 bridgehead atoms. The Hall–Kier alpha value is -3.16. The van der Waals surface area contributed by atoms with E-state index in [0.29, 0.717) is 25.0 Å². The average Bonchev–Trinajstić information content (AvgIpc) is 2.71. The summed E-state index contributed by atoms with van der Waals surface area (Å²) in [6, 6.07) is 2.17. The van der Waals surface area contributed by atoms with E-state index in [-0.39, 0.29) is 6.61 Å². The molecule has 182 valence electrons. The van der Waals surface area contributed by atoms with Crippen LogP contribution in [0.4, 0.5) is 24.1 Å². The topological polar surface area (TPSA) is 154 Å². The molecule has 1 amide bonds. The lowest BCUT2D eigenvalue weighted by Crippen LogP contribution is -2.60. The smallest absolute Gasteiger partial charge is 0.434 e. The van der Waals surface area contributed by atoms with Gasteiger partial charge in [0.05, 0.1) is 11.5 Å². The first kappa shape index (κ1) is 26.1. The number of ether oxygens (including phenoxy) is 2. The second kappa shape index (κ2) is 9.37. The predicted molar refractivity (Wildman–Crippen MR) is 112 cm³/mol. The number of nitro groups is 1. The van der Waals surface area contributed by atoms with Gasteiger partial charge in [-0.1, -0.05) is 13.3 Å². The molecule has 1 heterocycles. The van der Waals surface area contributed by atoms with Crippen molar-refractivity contribution in [3.8, 4) is 0 Å². The van der Waals surface area contributed by atoms with Crippen molar-refractivity contribution in [1.82, 2.24) is 5.32 Å². The number of rotatable bonds is 5. The van der Waals surface area contributed by atoms with Gasteiger partial charge in [-0.15, -0.1) is 0 Å². The van der Waals surface area contributed by atoms with Crippen LogP contribution in [0.15, 0.2) is 23.2 Å². The van der Waals surface area contributed by atoms with E-state index in [1.807, 2.05) is 12.2 Å². The summed E-state index contributed by atoms with van der Waals surface area (Å²) in [6.45, 7) is 4.81. The summed E-state index contributed by atoms with van der Waals surface area (Å²) in [7, 11) is -4.81. The first-order chi connectivity index (χ1) is 15.2. The number of nitrogens with zero attached hydrogens (tertiary/aromatic N) is 2. The van der Waals surface area contributed by atoms with Crippen molar-refractivity contribution in [3.63, 3.8) is 0 Å². The zero-order valence-corrected chi connectivity index (χ0v) is 19.1. The molecule has 1 aliphatic heterocycles. The quantitative estimate of drug-likeness (QED) is 0.216. The number of alkyl halides is 1. The molecule has 1 unspecified atom stereocenters. The molecule has 0 spiro atoms. The zero-order chi connectivity index (χ0) is 25.2. The number of hydrogen-bond donors (Lipinski definition) is 1. The van der Waals surface area contributed by atoms with Gasteiger partial charge in [-0.3, -0.25) is 20.4 Å². The molecule has 0 aliphatic carbocycles. The van der Waals surface area contributed by atoms with E-state index in [2.05, 4.69) is 14.5 Å². The lowest BCUT2D eigenvalue weighted by Gasteiger charge is -2.41. The number of halogens is 2. The molecule has 1 N–H and O–H groups in total. The lowest BCUT2D eigenvalue weighted by atomic mass is 9.91. The highest BCUT2D eigenvalue weighted by Crippen LogP contribution is 2.44. The van der Waals surface area contributed by atoms with Gasteiger partial charge in [0.15, 0.2) is 9.84 Å². The molecule has 1 aromatic carbocycles. The minimum Gasteiger partial charge on any atom is -0.434 e. The number of unbranched alkanes of at least 4 members (excludes halogenated alkanes) is 1. The molecule has 0 saturated heterocycles. The fourth-order valence-corrected chi connectivity index (χ4v) is 4.68. The normalized spacial score (nSPS) is 23.2. The van der Waals surface area contributed by atoms with Gasteiger partial charge in [-0.05, 0) is 33.3 Å². The van der Waals surface area contributed by atoms with E-state index >= 15 is 4.39 Å². The molecular weight excluding hydrogens is 468 g/mol. The summed E-state index contributed by atoms with van der Waals surface area (Å²) < 4.78 is 62.7. The van der Waals surface area contributed by atoms with Crippen LogP contribution in [0.2, 0.25) is 0 Å². The van der Waals surface area contributed by atoms with Crippen molar-refractivity contribution in [1.29, 1.82) is 0 Å². The monoisotopic (exact) mass is 491 g/mol. The van der Waals surface area contributed by atoms with Crippen LogP contribution >= 0.6 is 0 Å². The molecule has 0 saturated carbocycles. The van der Waals surface area contributed by atoms with E-state index in [1.54, 1.807) is 0 Å². The average molecular weight is 491 g/mol. The Bertz CT molecular complexity index is 1110. The summed E-state index contributed by atoms with van der Waals surface area (Å²) in [6.07, 6.45) is -1.59. The van der Waals surface area contributed by atoms with Gasteiger partial charge in [0.25, 0.3) is 5.69 Å². The van der Waals surface area contributed by atoms with Crippen molar-refractivity contribution in [3.05, 3.63) is 39.7 Å². The zero-order valence-electron chi connectivity index (χ0n) is 18.3. The van der Waals surface area contributed by atoms with E-state index in [1.165, 1.54) is 0 Å². The Morgan fingerprint density at radius 3 is 2.52 bits per heavy atom. The molecule has 0 aromatic heterocycles. The first-order valence-corrected chi connectivity index (χ1v) is 11.3. The number of non-ortho nitro benzene ring substituents is 1. The molecule has 11 nitrogen and oxygen atoms in total. The second-order valence-corrected chi connectivity index (χ2v) is 10.4. The Balaban J connectivity index is 2.51. The van der Waals surface area contributed by atoms with Gasteiger partial charge in [0, 0.05) is 17.7 Å². The molecular formula is C19H23F2N3O8S. The molecule has 33 heavy (non-hydrogen) atoms. The number of alkyl carbamates (subject to hydrolysis) is 1. The highest BCUT2D eigenvalue weighted by molar-refractivity contribution is 7.94. The van der Waals surface area contributed by atoms with E-state index < -0.39 is 65.7 Å². The standard InChI is InChI=1S/C19H23F2N3O8S/c1-5-6-9-31-17(26)32-16(25)22-15-18(2,3)33(29,30)14(21)19(4,23-15)12-10-11(24(27)28)7-8-13(12)20/h7-8,10,14H,5-6,9H2,1-4H3,(H,22,23,25)/t14?,19-/m1/s1. The van der Waals surface area contributed by atoms with Crippen molar-refractivity contribution in [2.75, 3.05) is 6.61 Å². The van der Waals surface area contributed by atoms with Crippen LogP contribution in [-0.4, -0.2) is 48.3 Å². The van der Waals surface area contributed by atoms with Gasteiger partial charge in [0.2, 0.25) is 5.50 Å². The van der Waals surface area contributed by atoms with E-state index in [9.17, 15) is 32.5 Å². The second-order valence-electron chi connectivity index (χ2n) is 7.87. The van der Waals surface area contributed by atoms with Gasteiger partial charge in [-0.25, -0.2) is 26.8 Å². The number of carbonyl (C=O) groups excluding carboxylic acids is 2. The Labute approximate surface area is 188 Å². The van der Waals surface area contributed by atoms with Gasteiger partial charge >= 0.3 is 12.2 Å². The van der Waals surface area contributed by atoms with Crippen LogP contribution in [0, 0.1) is 15.9 Å². The van der Waals surface area contributed by atoms with Crippen molar-refractivity contribution < 1.29 is 41.2 Å². The van der Waals surface area contributed by atoms with Crippen LogP contribution < -0.4 is 5.32 Å². The third-order valence-electron chi connectivity index (χ3n) is 5.16. The van der Waals surface area contributed by atoms with Crippen molar-refractivity contribution >= 4 is 33.6 Å². The van der Waals surface area contributed by atoms with Crippen LogP contribution in [0.25, 0.3) is 0 Å². The molecule has 14 heteroatoms. The number of amides is 1. The summed E-state index contributed by atoms with van der Waals surface area (Å²) in [5.41, 5.74) is -6.66. The number of aliphatic imine (C=N–C) groups is 1. The predicted octanol–water partition coefficient (Wildman–Crippen LogP) is 3.51. The summed E-state index contributed by atoms with van der Waals surface area (Å²) in [4.78, 5) is 37.8. The number of hydrogen-bond acceptors (Lipinski definition) is 9. The summed E-state index contributed by atoms with van der Waals surface area (Å²) >= 11 is 0. The van der Waals surface area contributed by atoms with Crippen LogP contribution in [0.5, 0.6) is 0 Å². The minimum absolute atomic E-state index is 0.0168. The number of carbonyl (C=O) groups is 2. The fourth-order valence-electron chi connectivity index (χ4n) is 3.02. The highest BCUT2D eigenvalue weighted by Gasteiger charge is 2.59. The molecule has 1 aliphatic rings. The molecule has 0 radical (unpaired) electrons. The van der Waals surface area contributed by atoms with Crippen molar-refractivity contribution in [2.45, 2.75) is 56.3 Å². The SMILES string of the molecule is CCCCOC(=O)OC(=O)NC1=N[C@](C)(c2cc([N+](=O)[O-])ccc2F)C(F)S(=O)(=O)C1(C)C. The van der Waals surface area contributed by atoms with Crippen LogP contribution in [-0.2, 0) is 24.8 Å². The summed E-state index contributed by atoms with van der Waals surface area (Å²) in [5.74, 6) is -1.80. The molecule has 0 fully saturated rings. The maximum atomic E-state index is 15.3.